The number of rotatable bonds is 4. The first kappa shape index (κ1) is 18.9. The van der Waals surface area contributed by atoms with Gasteiger partial charge in [-0.1, -0.05) is 6.92 Å². The summed E-state index contributed by atoms with van der Waals surface area (Å²) < 4.78 is 32.7. The Bertz CT molecular complexity index is 1030. The summed E-state index contributed by atoms with van der Waals surface area (Å²) in [5, 5.41) is 12.5. The van der Waals surface area contributed by atoms with Crippen molar-refractivity contribution in [3.05, 3.63) is 39.2 Å². The Morgan fingerprint density at radius 2 is 2.04 bits per heavy atom. The lowest BCUT2D eigenvalue weighted by molar-refractivity contribution is 0.0694. The summed E-state index contributed by atoms with van der Waals surface area (Å²) in [6.45, 7) is 5.14. The summed E-state index contributed by atoms with van der Waals surface area (Å²) in [5.74, 6) is -2.92. The predicted octanol–water partition coefficient (Wildman–Crippen LogP) is 2.67. The Balaban J connectivity index is 2.09. The second-order valence-corrected chi connectivity index (χ2v) is 7.65. The summed E-state index contributed by atoms with van der Waals surface area (Å²) in [4.78, 5) is 26.1. The van der Waals surface area contributed by atoms with Gasteiger partial charge in [0, 0.05) is 43.5 Å². The number of benzene rings is 1. The molecule has 0 spiro atoms. The molecule has 2 aliphatic rings. The normalized spacial score (nSPS) is 20.0. The van der Waals surface area contributed by atoms with Gasteiger partial charge < -0.3 is 19.9 Å². The number of aryl methyl sites for hydroxylation is 1. The zero-order chi connectivity index (χ0) is 20.2. The maximum atomic E-state index is 15.7. The van der Waals surface area contributed by atoms with Gasteiger partial charge in [0.1, 0.15) is 11.3 Å². The van der Waals surface area contributed by atoms with Gasteiger partial charge in [0.2, 0.25) is 5.43 Å². The van der Waals surface area contributed by atoms with Crippen LogP contribution in [0.2, 0.25) is 0 Å². The molecule has 28 heavy (non-hydrogen) atoms. The number of aromatic nitrogens is 1. The monoisotopic (exact) mass is 391 g/mol. The number of halogens is 2. The van der Waals surface area contributed by atoms with Crippen LogP contribution in [0.3, 0.4) is 0 Å². The molecule has 1 aliphatic carbocycles. The van der Waals surface area contributed by atoms with E-state index in [1.807, 2.05) is 6.92 Å². The fraction of sp³-hybridized carbons (Fsp3) is 0.500. The zero-order valence-corrected chi connectivity index (χ0v) is 15.9. The van der Waals surface area contributed by atoms with Gasteiger partial charge in [0.15, 0.2) is 11.6 Å². The molecule has 150 valence electrons. The number of carboxylic acids is 1. The molecular weight excluding hydrogens is 368 g/mol. The highest BCUT2D eigenvalue weighted by molar-refractivity contribution is 5.95. The largest absolute Gasteiger partial charge is 0.477 e. The first-order valence-electron chi connectivity index (χ1n) is 9.65. The molecule has 1 saturated heterocycles. The Hall–Kier alpha value is -2.48. The van der Waals surface area contributed by atoms with Crippen LogP contribution in [0.5, 0.6) is 0 Å². The number of aromatic carboxylic acids is 1. The van der Waals surface area contributed by atoms with Crippen LogP contribution in [0.4, 0.5) is 14.5 Å². The number of carbonyl (C=O) groups is 1. The molecule has 0 radical (unpaired) electrons. The fourth-order valence-electron chi connectivity index (χ4n) is 4.14. The van der Waals surface area contributed by atoms with Crippen molar-refractivity contribution in [3.63, 3.8) is 0 Å². The highest BCUT2D eigenvalue weighted by atomic mass is 19.1. The molecule has 1 unspecified atom stereocenters. The van der Waals surface area contributed by atoms with Crippen LogP contribution in [-0.2, 0) is 6.42 Å². The Morgan fingerprint density at radius 3 is 2.61 bits per heavy atom. The van der Waals surface area contributed by atoms with E-state index < -0.39 is 28.6 Å². The highest BCUT2D eigenvalue weighted by Crippen LogP contribution is 2.41. The number of piperazine rings is 1. The molecule has 8 heteroatoms. The van der Waals surface area contributed by atoms with Gasteiger partial charge in [0.25, 0.3) is 0 Å². The number of nitrogens with zero attached hydrogens (tertiary/aromatic N) is 2. The molecule has 2 aromatic rings. The Morgan fingerprint density at radius 1 is 1.32 bits per heavy atom. The molecule has 2 heterocycles. The van der Waals surface area contributed by atoms with Gasteiger partial charge in [-0.15, -0.1) is 0 Å². The summed E-state index contributed by atoms with van der Waals surface area (Å²) >= 11 is 0. The number of fused-ring (bicyclic) bond motifs is 1. The lowest BCUT2D eigenvalue weighted by Gasteiger charge is -2.34. The molecule has 1 aliphatic heterocycles. The van der Waals surface area contributed by atoms with Crippen LogP contribution in [-0.4, -0.2) is 41.3 Å². The molecule has 2 fully saturated rings. The summed E-state index contributed by atoms with van der Waals surface area (Å²) in [5.41, 5.74) is -1.28. The van der Waals surface area contributed by atoms with Gasteiger partial charge in [0.05, 0.1) is 10.9 Å². The van der Waals surface area contributed by atoms with E-state index in [-0.39, 0.29) is 40.7 Å². The van der Waals surface area contributed by atoms with E-state index in [2.05, 4.69) is 5.32 Å². The topological polar surface area (TPSA) is 74.6 Å². The molecule has 1 atom stereocenters. The lowest BCUT2D eigenvalue weighted by Crippen LogP contribution is -2.50. The van der Waals surface area contributed by atoms with Crippen molar-refractivity contribution >= 4 is 22.6 Å². The van der Waals surface area contributed by atoms with E-state index >= 15 is 8.78 Å². The average molecular weight is 391 g/mol. The van der Waals surface area contributed by atoms with Crippen LogP contribution in [0.25, 0.3) is 10.9 Å². The van der Waals surface area contributed by atoms with Crippen LogP contribution in [0, 0.1) is 11.6 Å². The number of anilines is 1. The molecular formula is C20H23F2N3O3. The fourth-order valence-corrected chi connectivity index (χ4v) is 4.14. The van der Waals surface area contributed by atoms with Gasteiger partial charge in [-0.25, -0.2) is 13.6 Å². The molecule has 2 N–H and O–H groups in total. The van der Waals surface area contributed by atoms with Crippen LogP contribution < -0.4 is 15.6 Å². The first-order valence-corrected chi connectivity index (χ1v) is 9.65. The quantitative estimate of drug-likeness (QED) is 0.838. The summed E-state index contributed by atoms with van der Waals surface area (Å²) in [6, 6.07) is 0.00833. The first-order chi connectivity index (χ1) is 13.3. The van der Waals surface area contributed by atoms with Gasteiger partial charge in [-0.2, -0.15) is 0 Å². The SMILES string of the molecule is CCc1c(F)c(N2CCNC(C)C2)c(F)c2c1c(=O)c(C(=O)O)cn2C1CC1. The van der Waals surface area contributed by atoms with Crippen molar-refractivity contribution in [2.45, 2.75) is 45.2 Å². The highest BCUT2D eigenvalue weighted by Gasteiger charge is 2.33. The van der Waals surface area contributed by atoms with Crippen LogP contribution in [0.15, 0.2) is 11.0 Å². The van der Waals surface area contributed by atoms with E-state index in [0.717, 1.165) is 12.8 Å². The number of pyridine rings is 1. The molecule has 0 bridgehead atoms. The van der Waals surface area contributed by atoms with Crippen molar-refractivity contribution in [2.24, 2.45) is 0 Å². The number of carboxylic acid groups (broad SMARTS) is 1. The van der Waals surface area contributed by atoms with Crippen molar-refractivity contribution in [1.82, 2.24) is 9.88 Å². The van der Waals surface area contributed by atoms with Gasteiger partial charge >= 0.3 is 5.97 Å². The van der Waals surface area contributed by atoms with Crippen molar-refractivity contribution in [1.29, 1.82) is 0 Å². The third-order valence-electron chi connectivity index (χ3n) is 5.63. The minimum absolute atomic E-state index is 0.0249. The number of hydrogen-bond acceptors (Lipinski definition) is 4. The maximum Gasteiger partial charge on any atom is 0.341 e. The minimum Gasteiger partial charge on any atom is -0.477 e. The second-order valence-electron chi connectivity index (χ2n) is 7.65. The molecule has 1 aromatic carbocycles. The summed E-state index contributed by atoms with van der Waals surface area (Å²) in [6.07, 6.45) is 2.93. The average Bonchev–Trinajstić information content (AvgIpc) is 3.47. The molecule has 0 amide bonds. The Labute approximate surface area is 160 Å². The zero-order valence-electron chi connectivity index (χ0n) is 15.9. The minimum atomic E-state index is -1.39. The second kappa shape index (κ2) is 6.84. The third kappa shape index (κ3) is 2.87. The molecule has 4 rings (SSSR count). The van der Waals surface area contributed by atoms with E-state index in [0.29, 0.717) is 19.6 Å². The van der Waals surface area contributed by atoms with Crippen LogP contribution in [0.1, 0.15) is 48.7 Å². The Kier molecular flexibility index (Phi) is 4.61. The maximum absolute atomic E-state index is 15.7. The number of nitrogens with one attached hydrogen (secondary N) is 1. The van der Waals surface area contributed by atoms with Crippen molar-refractivity contribution in [2.75, 3.05) is 24.5 Å². The predicted molar refractivity (Wildman–Crippen MR) is 102 cm³/mol. The lowest BCUT2D eigenvalue weighted by atomic mass is 9.99. The molecule has 1 aromatic heterocycles. The standard InChI is InChI=1S/C20H23F2N3O3/c1-3-12-14-17(25(11-4-5-11)9-13(19(14)26)20(27)28)16(22)18(15(12)21)24-7-6-23-10(2)8-24/h9-11,23H,3-8H2,1-2H3,(H,27,28). The summed E-state index contributed by atoms with van der Waals surface area (Å²) in [7, 11) is 0. The van der Waals surface area contributed by atoms with Gasteiger partial charge in [-0.05, 0) is 26.2 Å². The van der Waals surface area contributed by atoms with E-state index in [4.69, 9.17) is 0 Å². The van der Waals surface area contributed by atoms with Crippen molar-refractivity contribution in [3.8, 4) is 0 Å². The van der Waals surface area contributed by atoms with E-state index in [1.165, 1.54) is 10.8 Å². The number of hydrogen-bond donors (Lipinski definition) is 2. The van der Waals surface area contributed by atoms with E-state index in [9.17, 15) is 14.7 Å². The smallest absolute Gasteiger partial charge is 0.341 e. The van der Waals surface area contributed by atoms with E-state index in [1.54, 1.807) is 11.8 Å². The van der Waals surface area contributed by atoms with Crippen LogP contribution >= 0.6 is 0 Å². The molecule has 1 saturated carbocycles. The third-order valence-corrected chi connectivity index (χ3v) is 5.63. The van der Waals surface area contributed by atoms with Gasteiger partial charge in [-0.3, -0.25) is 4.79 Å². The van der Waals surface area contributed by atoms with Crippen molar-refractivity contribution < 1.29 is 18.7 Å². The molecule has 6 nitrogen and oxygen atoms in total.